The number of aryl methyl sites for hydroxylation is 4. The smallest absolute Gasteiger partial charge is 0.390 e. The van der Waals surface area contributed by atoms with Gasteiger partial charge in [-0.05, 0) is 204 Å². The Morgan fingerprint density at radius 1 is 0.547 bits per heavy atom. The Hall–Kier alpha value is -5.05. The molecule has 6 atom stereocenters. The van der Waals surface area contributed by atoms with Gasteiger partial charge in [-0.25, -0.2) is 17.6 Å². The number of hydrogen-bond acceptors (Lipinski definition) is 6. The van der Waals surface area contributed by atoms with E-state index in [1.54, 1.807) is 0 Å². The lowest BCUT2D eigenvalue weighted by Crippen LogP contribution is -2.44. The van der Waals surface area contributed by atoms with E-state index in [4.69, 9.17) is 5.73 Å². The fraction of sp³-hybridized carbons (Fsp3) is 0.379. The predicted octanol–water partition coefficient (Wildman–Crippen LogP) is 13.3. The fourth-order valence-corrected chi connectivity index (χ4v) is 9.75. The maximum atomic E-state index is 13.8. The van der Waals surface area contributed by atoms with E-state index in [2.05, 4.69) is 66.2 Å². The third kappa shape index (κ3) is 18.0. The highest BCUT2D eigenvalue weighted by atomic mass is 127. The molecule has 0 radical (unpaired) electrons. The third-order valence-corrected chi connectivity index (χ3v) is 14.2. The molecular weight excluding hydrogens is 1100 g/mol. The molecule has 2 aliphatic rings. The summed E-state index contributed by atoms with van der Waals surface area (Å²) in [6, 6.07) is 28.1. The van der Waals surface area contributed by atoms with E-state index in [-0.39, 0.29) is 31.5 Å². The first kappa shape index (κ1) is 59.2. The van der Waals surface area contributed by atoms with Crippen molar-refractivity contribution in [1.29, 1.82) is 0 Å². The molecule has 6 aromatic rings. The zero-order chi connectivity index (χ0) is 54.5. The first-order valence-electron chi connectivity index (χ1n) is 25.1. The van der Waals surface area contributed by atoms with Gasteiger partial charge < -0.3 is 31.9 Å². The first-order valence-corrected chi connectivity index (χ1v) is 26.1. The Labute approximate surface area is 445 Å². The number of hydrogen-bond donors (Lipinski definition) is 6. The van der Waals surface area contributed by atoms with E-state index in [0.29, 0.717) is 23.4 Å². The highest BCUT2D eigenvalue weighted by Crippen LogP contribution is 2.34. The Kier molecular flexibility index (Phi) is 21.6. The number of fused-ring (bicyclic) bond motifs is 2. The molecule has 7 N–H and O–H groups in total. The van der Waals surface area contributed by atoms with E-state index in [1.807, 2.05) is 22.6 Å². The van der Waals surface area contributed by atoms with Gasteiger partial charge in [0.25, 0.3) is 0 Å². The van der Waals surface area contributed by atoms with Crippen molar-refractivity contribution >= 4 is 28.3 Å². The fourth-order valence-electron chi connectivity index (χ4n) is 9.39. The Bertz CT molecular complexity index is 2720. The molecule has 0 saturated carbocycles. The third-order valence-electron chi connectivity index (χ3n) is 13.5. The average molecular weight is 1170 g/mol. The molecule has 0 aromatic heterocycles. The molecule has 0 amide bonds. The van der Waals surface area contributed by atoms with Crippen molar-refractivity contribution in [2.45, 2.75) is 127 Å². The van der Waals surface area contributed by atoms with E-state index in [1.165, 1.54) is 81.9 Å². The largest absolute Gasteiger partial charge is 0.416 e. The van der Waals surface area contributed by atoms with Crippen molar-refractivity contribution in [1.82, 2.24) is 10.6 Å². The maximum Gasteiger partial charge on any atom is 0.416 e. The van der Waals surface area contributed by atoms with Gasteiger partial charge in [0.15, 0.2) is 0 Å². The number of benzene rings is 6. The van der Waals surface area contributed by atoms with Gasteiger partial charge in [-0.3, -0.25) is 0 Å². The summed E-state index contributed by atoms with van der Waals surface area (Å²) in [6.45, 7) is 4.78. The molecule has 0 aliphatic heterocycles. The van der Waals surface area contributed by atoms with Crippen LogP contribution in [0.25, 0.3) is 0 Å². The summed E-state index contributed by atoms with van der Waals surface area (Å²) in [7, 11) is 0. The molecular formula is C58H63F10IN4O2. The van der Waals surface area contributed by atoms with Crippen molar-refractivity contribution in [2.75, 3.05) is 18.4 Å². The van der Waals surface area contributed by atoms with Crippen molar-refractivity contribution in [3.05, 3.63) is 204 Å². The number of nitrogens with one attached hydrogen (secondary N) is 3. The minimum absolute atomic E-state index is 0.0585. The van der Waals surface area contributed by atoms with Gasteiger partial charge in [-0.15, -0.1) is 0 Å². The molecule has 6 nitrogen and oxygen atoms in total. The Balaban J connectivity index is 0.000000209. The van der Waals surface area contributed by atoms with Crippen LogP contribution in [0.15, 0.2) is 121 Å². The Morgan fingerprint density at radius 3 is 1.39 bits per heavy atom. The molecule has 404 valence electrons. The molecule has 0 heterocycles. The van der Waals surface area contributed by atoms with Gasteiger partial charge in [-0.1, -0.05) is 50.2 Å². The average Bonchev–Trinajstić information content (AvgIpc) is 3.36. The zero-order valence-corrected chi connectivity index (χ0v) is 43.8. The molecule has 0 unspecified atom stereocenters. The first-order chi connectivity index (χ1) is 35.6. The van der Waals surface area contributed by atoms with Crippen LogP contribution in [0.5, 0.6) is 0 Å². The van der Waals surface area contributed by atoms with Crippen LogP contribution in [0.3, 0.4) is 0 Å². The number of anilines is 1. The number of rotatable bonds is 16. The van der Waals surface area contributed by atoms with Crippen LogP contribution >= 0.6 is 22.6 Å². The van der Waals surface area contributed by atoms with Crippen molar-refractivity contribution in [3.8, 4) is 0 Å². The summed E-state index contributed by atoms with van der Waals surface area (Å²) in [4.78, 5) is 0. The second kappa shape index (κ2) is 27.3. The second-order valence-electron chi connectivity index (χ2n) is 19.1. The molecule has 0 spiro atoms. The van der Waals surface area contributed by atoms with E-state index in [0.717, 1.165) is 91.3 Å². The van der Waals surface area contributed by atoms with Crippen LogP contribution in [0.2, 0.25) is 0 Å². The zero-order valence-electron chi connectivity index (χ0n) is 41.6. The SMILES string of the molecule is CCc1ccc2c(c1)[C@@H](NC[C@@H](O)[C@@H](N)Cc1cc(F)cc(F)c1)CCC2.CCc1ccc2c(c1)[C@@H](NC[C@@H](O)[C@H](Cc1cc(F)cc(F)c1)Nc1ccc(C(F)(F)F)cc1)CCC2.FC(F)(F)c1ccc(I)cc1. The van der Waals surface area contributed by atoms with E-state index in [9.17, 15) is 54.1 Å². The maximum absolute atomic E-state index is 13.8. The van der Waals surface area contributed by atoms with Crippen molar-refractivity contribution in [2.24, 2.45) is 5.73 Å². The van der Waals surface area contributed by atoms with Gasteiger partial charge in [0, 0.05) is 52.6 Å². The lowest BCUT2D eigenvalue weighted by Gasteiger charge is -2.31. The highest BCUT2D eigenvalue weighted by molar-refractivity contribution is 14.1. The summed E-state index contributed by atoms with van der Waals surface area (Å²) in [5.41, 5.74) is 13.6. The second-order valence-corrected chi connectivity index (χ2v) is 20.3. The number of aliphatic hydroxyl groups excluding tert-OH is 2. The lowest BCUT2D eigenvalue weighted by atomic mass is 9.86. The minimum Gasteiger partial charge on any atom is -0.390 e. The standard InChI is InChI=1S/C29H31F5N2O.C22H28F2N2O.C7H4F3I/c1-2-18-6-7-20-4-3-5-26(25(20)14-18)35-17-28(37)27(15-19-12-22(30)16-23(31)13-19)36-24-10-8-21(9-11-24)29(32,33)34;1-2-14-6-7-16-4-3-5-21(19(16)10-14)26-13-22(27)20(25)11-15-8-17(23)12-18(24)9-15;8-7(9,10)5-1-3-6(11)4-2-5/h6-14,16,26-28,35-37H,2-5,15,17H2,1H3;6-10,12,20-22,26-27H,2-5,11,13,25H2,1H3;1-4H/t26-,27-,28+;20-,21-,22+;/m00./s1. The van der Waals surface area contributed by atoms with Gasteiger partial charge in [0.2, 0.25) is 0 Å². The minimum atomic E-state index is -4.46. The molecule has 75 heavy (non-hydrogen) atoms. The van der Waals surface area contributed by atoms with Crippen LogP contribution in [0, 0.1) is 26.8 Å². The quantitative estimate of drug-likeness (QED) is 0.0426. The van der Waals surface area contributed by atoms with Crippen LogP contribution in [0.4, 0.5) is 49.6 Å². The molecule has 2 aliphatic carbocycles. The van der Waals surface area contributed by atoms with Crippen LogP contribution < -0.4 is 21.7 Å². The highest BCUT2D eigenvalue weighted by Gasteiger charge is 2.32. The summed E-state index contributed by atoms with van der Waals surface area (Å²) in [5, 5.41) is 31.5. The molecule has 8 rings (SSSR count). The van der Waals surface area contributed by atoms with Crippen LogP contribution in [-0.4, -0.2) is 47.6 Å². The molecule has 17 heteroatoms. The molecule has 0 bridgehead atoms. The normalized spacial score (nSPS) is 17.0. The number of nitrogens with two attached hydrogens (primary N) is 1. The number of aliphatic hydroxyl groups is 2. The van der Waals surface area contributed by atoms with E-state index >= 15 is 0 Å². The number of alkyl halides is 6. The number of halogens is 11. The molecule has 0 saturated heterocycles. The van der Waals surface area contributed by atoms with Crippen LogP contribution in [-0.2, 0) is 50.9 Å². The summed E-state index contributed by atoms with van der Waals surface area (Å²) >= 11 is 1.96. The van der Waals surface area contributed by atoms with Gasteiger partial charge >= 0.3 is 12.4 Å². The van der Waals surface area contributed by atoms with Gasteiger partial charge in [0.1, 0.15) is 23.3 Å². The lowest BCUT2D eigenvalue weighted by molar-refractivity contribution is -0.138. The topological polar surface area (TPSA) is 103 Å². The summed E-state index contributed by atoms with van der Waals surface area (Å²) < 4.78 is 130. The molecule has 6 aromatic carbocycles. The van der Waals surface area contributed by atoms with Crippen molar-refractivity contribution < 1.29 is 54.1 Å². The van der Waals surface area contributed by atoms with E-state index < -0.39 is 71.0 Å². The monoisotopic (exact) mass is 1160 g/mol. The summed E-state index contributed by atoms with van der Waals surface area (Å²) in [5.74, 6) is -2.73. The predicted molar refractivity (Wildman–Crippen MR) is 282 cm³/mol. The van der Waals surface area contributed by atoms with Crippen molar-refractivity contribution in [3.63, 3.8) is 0 Å². The van der Waals surface area contributed by atoms with Gasteiger partial charge in [0.05, 0.1) is 29.4 Å². The van der Waals surface area contributed by atoms with Gasteiger partial charge in [-0.2, -0.15) is 26.3 Å². The Morgan fingerprint density at radius 2 is 0.960 bits per heavy atom. The van der Waals surface area contributed by atoms with Crippen LogP contribution in [0.1, 0.15) is 107 Å². The molecule has 0 fully saturated rings. The summed E-state index contributed by atoms with van der Waals surface area (Å²) in [6.07, 6.45) is -2.10.